The van der Waals surface area contributed by atoms with Crippen molar-refractivity contribution in [2.45, 2.75) is 38.8 Å². The van der Waals surface area contributed by atoms with Crippen LogP contribution in [0.25, 0.3) is 0 Å². The van der Waals surface area contributed by atoms with Gasteiger partial charge in [0.1, 0.15) is 6.04 Å². The van der Waals surface area contributed by atoms with E-state index >= 15 is 0 Å². The predicted octanol–water partition coefficient (Wildman–Crippen LogP) is 0.182. The van der Waals surface area contributed by atoms with Crippen molar-refractivity contribution in [1.82, 2.24) is 15.5 Å². The van der Waals surface area contributed by atoms with Gasteiger partial charge in [-0.2, -0.15) is 0 Å². The molecule has 0 aliphatic heterocycles. The number of hydrogen-bond acceptors (Lipinski definition) is 5. The number of nitrogens with two attached hydrogens (primary N) is 1. The third-order valence-corrected chi connectivity index (χ3v) is 3.54. The van der Waals surface area contributed by atoms with Crippen LogP contribution >= 0.6 is 0 Å². The van der Waals surface area contributed by atoms with Crippen molar-refractivity contribution in [2.75, 3.05) is 20.2 Å². The number of carbonyl (C=O) groups excluding carboxylic acids is 4. The molecule has 4 N–H and O–H groups in total. The maximum Gasteiger partial charge on any atom is 0.329 e. The molecule has 0 saturated carbocycles. The van der Waals surface area contributed by atoms with Crippen LogP contribution < -0.4 is 16.4 Å². The number of ether oxygens (including phenoxy) is 1. The van der Waals surface area contributed by atoms with Crippen LogP contribution in [-0.2, 0) is 25.5 Å². The number of nitrogens with zero attached hydrogens (tertiary/aromatic N) is 1. The Morgan fingerprint density at radius 2 is 1.75 bits per heavy atom. The number of urea groups is 1. The lowest BCUT2D eigenvalue weighted by molar-refractivity contribution is -0.153. The first-order valence-electron chi connectivity index (χ1n) is 8.79. The highest BCUT2D eigenvalue weighted by atomic mass is 16.5. The number of hydrogen-bond donors (Lipinski definition) is 3. The van der Waals surface area contributed by atoms with E-state index in [0.717, 1.165) is 10.5 Å². The lowest BCUT2D eigenvalue weighted by atomic mass is 10.1. The molecule has 0 fully saturated rings. The van der Waals surface area contributed by atoms with Crippen molar-refractivity contribution >= 4 is 23.8 Å². The van der Waals surface area contributed by atoms with Gasteiger partial charge >= 0.3 is 12.0 Å². The summed E-state index contributed by atoms with van der Waals surface area (Å²) in [5.41, 5.74) is 5.49. The standard InChI is InChI=1S/C19H28N4O5/c1-19(2,3)22-15(24)11-23(4)16(25)12-28-17(26)14(21-18(20)27)10-13-8-6-5-7-9-13/h5-9,14H,10-12H2,1-4H3,(H,22,24)(H3,20,21,27)/t14-/m0/s1. The molecule has 0 spiro atoms. The maximum atomic E-state index is 12.3. The second-order valence-electron chi connectivity index (χ2n) is 7.41. The summed E-state index contributed by atoms with van der Waals surface area (Å²) >= 11 is 0. The Hall–Kier alpha value is -3.10. The number of rotatable bonds is 8. The summed E-state index contributed by atoms with van der Waals surface area (Å²) in [7, 11) is 1.43. The Kier molecular flexibility index (Phi) is 8.43. The third kappa shape index (κ3) is 9.02. The van der Waals surface area contributed by atoms with Crippen LogP contribution in [0.2, 0.25) is 0 Å². The zero-order valence-corrected chi connectivity index (χ0v) is 16.7. The minimum absolute atomic E-state index is 0.166. The van der Waals surface area contributed by atoms with Gasteiger partial charge in [-0.1, -0.05) is 30.3 Å². The predicted molar refractivity (Wildman–Crippen MR) is 103 cm³/mol. The first kappa shape index (κ1) is 22.9. The molecule has 4 amide bonds. The van der Waals surface area contributed by atoms with Crippen LogP contribution in [-0.4, -0.2) is 60.5 Å². The van der Waals surface area contributed by atoms with Crippen molar-refractivity contribution in [3.63, 3.8) is 0 Å². The highest BCUT2D eigenvalue weighted by Crippen LogP contribution is 2.05. The van der Waals surface area contributed by atoms with E-state index in [2.05, 4.69) is 10.6 Å². The average Bonchev–Trinajstić information content (AvgIpc) is 2.57. The van der Waals surface area contributed by atoms with Crippen LogP contribution in [0, 0.1) is 0 Å². The molecule has 1 rings (SSSR count). The fourth-order valence-corrected chi connectivity index (χ4v) is 2.32. The van der Waals surface area contributed by atoms with Crippen molar-refractivity contribution in [2.24, 2.45) is 5.73 Å². The second kappa shape index (κ2) is 10.3. The molecular weight excluding hydrogens is 364 g/mol. The van der Waals surface area contributed by atoms with E-state index in [-0.39, 0.29) is 18.9 Å². The number of primary amides is 1. The van der Waals surface area contributed by atoms with Gasteiger partial charge in [0.15, 0.2) is 6.61 Å². The molecule has 0 aliphatic carbocycles. The van der Waals surface area contributed by atoms with Gasteiger partial charge < -0.3 is 26.0 Å². The average molecular weight is 392 g/mol. The lowest BCUT2D eigenvalue weighted by Crippen LogP contribution is -2.48. The number of esters is 1. The van der Waals surface area contributed by atoms with E-state index in [0.29, 0.717) is 0 Å². The van der Waals surface area contributed by atoms with Crippen LogP contribution in [0.15, 0.2) is 30.3 Å². The van der Waals surface area contributed by atoms with E-state index in [4.69, 9.17) is 10.5 Å². The molecule has 1 atom stereocenters. The van der Waals surface area contributed by atoms with Crippen molar-refractivity contribution in [1.29, 1.82) is 0 Å². The Morgan fingerprint density at radius 3 is 2.29 bits per heavy atom. The summed E-state index contributed by atoms with van der Waals surface area (Å²) < 4.78 is 5.01. The van der Waals surface area contributed by atoms with Crippen LogP contribution in [0.3, 0.4) is 0 Å². The monoisotopic (exact) mass is 392 g/mol. The van der Waals surface area contributed by atoms with Gasteiger partial charge in [0, 0.05) is 19.0 Å². The molecule has 0 radical (unpaired) electrons. The van der Waals surface area contributed by atoms with E-state index in [1.54, 1.807) is 24.3 Å². The van der Waals surface area contributed by atoms with E-state index < -0.39 is 36.1 Å². The molecule has 154 valence electrons. The Balaban J connectivity index is 2.59. The molecule has 0 aromatic heterocycles. The summed E-state index contributed by atoms with van der Waals surface area (Å²) in [5.74, 6) is -1.66. The molecule has 1 aromatic carbocycles. The van der Waals surface area contributed by atoms with Crippen molar-refractivity contribution in [3.05, 3.63) is 35.9 Å². The van der Waals surface area contributed by atoms with Gasteiger partial charge in [-0.25, -0.2) is 9.59 Å². The molecule has 9 heteroatoms. The first-order valence-corrected chi connectivity index (χ1v) is 8.79. The van der Waals surface area contributed by atoms with Crippen LogP contribution in [0.4, 0.5) is 4.79 Å². The van der Waals surface area contributed by atoms with Gasteiger partial charge in [0.2, 0.25) is 5.91 Å². The first-order chi connectivity index (χ1) is 13.0. The molecule has 0 saturated heterocycles. The fraction of sp³-hybridized carbons (Fsp3) is 0.474. The number of amides is 4. The number of benzene rings is 1. The van der Waals surface area contributed by atoms with Crippen LogP contribution in [0.5, 0.6) is 0 Å². The third-order valence-electron chi connectivity index (χ3n) is 3.54. The quantitative estimate of drug-likeness (QED) is 0.543. The van der Waals surface area contributed by atoms with Gasteiger partial charge in [-0.3, -0.25) is 9.59 Å². The SMILES string of the molecule is CN(CC(=O)NC(C)(C)C)C(=O)COC(=O)[C@H](Cc1ccccc1)NC(N)=O. The summed E-state index contributed by atoms with van der Waals surface area (Å²) in [6.07, 6.45) is 0.167. The minimum Gasteiger partial charge on any atom is -0.454 e. The van der Waals surface area contributed by atoms with Gasteiger partial charge in [0.05, 0.1) is 6.54 Å². The molecule has 0 aliphatic rings. The van der Waals surface area contributed by atoms with Crippen molar-refractivity contribution < 1.29 is 23.9 Å². The summed E-state index contributed by atoms with van der Waals surface area (Å²) in [4.78, 5) is 48.6. The molecule has 1 aromatic rings. The van der Waals surface area contributed by atoms with E-state index in [9.17, 15) is 19.2 Å². The summed E-state index contributed by atoms with van der Waals surface area (Å²) in [6, 6.07) is 7.09. The molecule has 0 heterocycles. The fourth-order valence-electron chi connectivity index (χ4n) is 2.32. The molecule has 9 nitrogen and oxygen atoms in total. The lowest BCUT2D eigenvalue weighted by Gasteiger charge is -2.23. The Morgan fingerprint density at radius 1 is 1.14 bits per heavy atom. The Bertz CT molecular complexity index is 700. The summed E-state index contributed by atoms with van der Waals surface area (Å²) in [6.45, 7) is 4.76. The van der Waals surface area contributed by atoms with Gasteiger partial charge in [-0.15, -0.1) is 0 Å². The zero-order valence-electron chi connectivity index (χ0n) is 16.7. The highest BCUT2D eigenvalue weighted by Gasteiger charge is 2.24. The number of nitrogens with one attached hydrogen (secondary N) is 2. The van der Waals surface area contributed by atoms with Crippen LogP contribution in [0.1, 0.15) is 26.3 Å². The van der Waals surface area contributed by atoms with E-state index in [1.165, 1.54) is 7.05 Å². The minimum atomic E-state index is -1.03. The summed E-state index contributed by atoms with van der Waals surface area (Å²) in [5, 5.41) is 5.05. The van der Waals surface area contributed by atoms with Gasteiger partial charge in [-0.05, 0) is 26.3 Å². The molecule has 0 bridgehead atoms. The molecular formula is C19H28N4O5. The second-order valence-corrected chi connectivity index (χ2v) is 7.41. The van der Waals surface area contributed by atoms with E-state index in [1.807, 2.05) is 26.8 Å². The number of carbonyl (C=O) groups is 4. The highest BCUT2D eigenvalue weighted by molar-refractivity contribution is 5.88. The normalized spacial score (nSPS) is 11.9. The molecule has 28 heavy (non-hydrogen) atoms. The smallest absolute Gasteiger partial charge is 0.329 e. The molecule has 0 unspecified atom stereocenters. The van der Waals surface area contributed by atoms with Crippen molar-refractivity contribution in [3.8, 4) is 0 Å². The van der Waals surface area contributed by atoms with Gasteiger partial charge in [0.25, 0.3) is 5.91 Å². The topological polar surface area (TPSA) is 131 Å². The maximum absolute atomic E-state index is 12.3. The number of likely N-dealkylation sites (N-methyl/N-ethyl adjacent to an activating group) is 1. The zero-order chi connectivity index (χ0) is 21.3. The largest absolute Gasteiger partial charge is 0.454 e. The Labute approximate surface area is 164 Å².